The molecule has 6 nitrogen and oxygen atoms in total. The van der Waals surface area contributed by atoms with Gasteiger partial charge in [-0.2, -0.15) is 26.3 Å². The van der Waals surface area contributed by atoms with Gasteiger partial charge in [0.1, 0.15) is 12.4 Å². The summed E-state index contributed by atoms with van der Waals surface area (Å²) in [5.41, 5.74) is -12.1. The van der Waals surface area contributed by atoms with Crippen molar-refractivity contribution in [2.45, 2.75) is 63.0 Å². The van der Waals surface area contributed by atoms with Gasteiger partial charge in [-0.1, -0.05) is 32.6 Å². The number of alkyl halides is 6. The Bertz CT molecular complexity index is 773. The molecule has 0 aliphatic heterocycles. The standard InChI is InChI=1S/C12H23N2.C3H2F6O4S2/c1-3-4-5-6-7-8-9-14-11-10-13(2)12-14;4-2(5,6)14(10,11)1-15(12,13)3(7,8)9/h10-12H,3-9H2,1-2H3;1H2/q+1;. The van der Waals surface area contributed by atoms with Crippen molar-refractivity contribution >= 4 is 19.7 Å². The zero-order valence-electron chi connectivity index (χ0n) is 16.0. The van der Waals surface area contributed by atoms with Crippen LogP contribution in [-0.4, -0.2) is 37.5 Å². The maximum Gasteiger partial charge on any atom is 0.498 e. The monoisotopic (exact) mass is 475 g/mol. The molecule has 14 heteroatoms. The SMILES string of the molecule is CCCCCCCCn1cc[n+](C)c1.O=S(=O)(CS(=O)(=O)C(F)(F)F)C(F)(F)F. The molecule has 0 saturated heterocycles. The van der Waals surface area contributed by atoms with Crippen molar-refractivity contribution in [3.63, 3.8) is 0 Å². The average Bonchev–Trinajstić information content (AvgIpc) is 2.93. The van der Waals surface area contributed by atoms with Crippen LogP contribution in [0.15, 0.2) is 18.7 Å². The van der Waals surface area contributed by atoms with Crippen LogP contribution in [0.5, 0.6) is 0 Å². The minimum Gasteiger partial charge on any atom is -0.240 e. The zero-order chi connectivity index (χ0) is 22.9. The second kappa shape index (κ2) is 11.2. The highest BCUT2D eigenvalue weighted by atomic mass is 32.3. The van der Waals surface area contributed by atoms with E-state index in [9.17, 15) is 43.2 Å². The number of halogens is 6. The molecule has 172 valence electrons. The Morgan fingerprint density at radius 3 is 1.66 bits per heavy atom. The molecule has 0 aromatic carbocycles. The normalized spacial score (nSPS) is 13.1. The lowest BCUT2D eigenvalue weighted by molar-refractivity contribution is -0.671. The van der Waals surface area contributed by atoms with Crippen LogP contribution in [-0.2, 0) is 33.3 Å². The van der Waals surface area contributed by atoms with Crippen LogP contribution >= 0.6 is 0 Å². The fourth-order valence-electron chi connectivity index (χ4n) is 2.05. The smallest absolute Gasteiger partial charge is 0.240 e. The summed E-state index contributed by atoms with van der Waals surface area (Å²) in [6, 6.07) is 0. The van der Waals surface area contributed by atoms with Crippen molar-refractivity contribution in [3.8, 4) is 0 Å². The number of rotatable bonds is 9. The van der Waals surface area contributed by atoms with Crippen molar-refractivity contribution < 1.29 is 47.7 Å². The minimum absolute atomic E-state index is 1.17. The molecule has 0 fully saturated rings. The number of nitrogens with zero attached hydrogens (tertiary/aromatic N) is 2. The van der Waals surface area contributed by atoms with E-state index in [0.29, 0.717) is 0 Å². The van der Waals surface area contributed by atoms with E-state index in [-0.39, 0.29) is 0 Å². The highest BCUT2D eigenvalue weighted by Crippen LogP contribution is 2.30. The third-order valence-electron chi connectivity index (χ3n) is 3.61. The largest absolute Gasteiger partial charge is 0.498 e. The van der Waals surface area contributed by atoms with E-state index < -0.39 is 35.8 Å². The van der Waals surface area contributed by atoms with E-state index in [0.717, 1.165) is 0 Å². The average molecular weight is 475 g/mol. The first-order valence-electron chi connectivity index (χ1n) is 8.62. The Balaban J connectivity index is 0.000000541. The van der Waals surface area contributed by atoms with Gasteiger partial charge in [0.25, 0.3) is 19.7 Å². The van der Waals surface area contributed by atoms with E-state index >= 15 is 0 Å². The summed E-state index contributed by atoms with van der Waals surface area (Å²) in [4.78, 5) is 0. The summed E-state index contributed by atoms with van der Waals surface area (Å²) in [5, 5.41) is -3.03. The molecule has 0 bridgehead atoms. The number of imidazole rings is 1. The molecule has 0 spiro atoms. The lowest BCUT2D eigenvalue weighted by atomic mass is 10.1. The molecule has 0 aliphatic carbocycles. The molecule has 0 atom stereocenters. The Hall–Kier alpha value is -1.31. The van der Waals surface area contributed by atoms with Gasteiger partial charge in [-0.3, -0.25) is 0 Å². The van der Waals surface area contributed by atoms with E-state index in [4.69, 9.17) is 0 Å². The highest BCUT2D eigenvalue weighted by Gasteiger charge is 2.55. The first kappa shape index (κ1) is 27.7. The van der Waals surface area contributed by atoms with Crippen LogP contribution in [0, 0.1) is 0 Å². The quantitative estimate of drug-likeness (QED) is 0.311. The summed E-state index contributed by atoms with van der Waals surface area (Å²) < 4.78 is 114. The fourth-order valence-corrected chi connectivity index (χ4v) is 4.75. The first-order valence-corrected chi connectivity index (χ1v) is 11.9. The number of aromatic nitrogens is 2. The van der Waals surface area contributed by atoms with Crippen LogP contribution < -0.4 is 4.57 Å². The molecule has 1 heterocycles. The Morgan fingerprint density at radius 2 is 1.28 bits per heavy atom. The van der Waals surface area contributed by atoms with Crippen LogP contribution in [0.2, 0.25) is 0 Å². The molecule has 0 aliphatic rings. The highest BCUT2D eigenvalue weighted by molar-refractivity contribution is 8.08. The van der Waals surface area contributed by atoms with Crippen LogP contribution in [0.1, 0.15) is 45.4 Å². The molecule has 0 saturated carbocycles. The number of hydrogen-bond donors (Lipinski definition) is 0. The molecule has 1 aromatic rings. The summed E-state index contributed by atoms with van der Waals surface area (Å²) in [7, 11) is -10.6. The van der Waals surface area contributed by atoms with Crippen molar-refractivity contribution in [2.24, 2.45) is 7.05 Å². The van der Waals surface area contributed by atoms with Crippen LogP contribution in [0.25, 0.3) is 0 Å². The van der Waals surface area contributed by atoms with Crippen LogP contribution in [0.4, 0.5) is 26.3 Å². The first-order chi connectivity index (χ1) is 13.0. The molecule has 29 heavy (non-hydrogen) atoms. The van der Waals surface area contributed by atoms with Crippen molar-refractivity contribution in [1.29, 1.82) is 0 Å². The van der Waals surface area contributed by atoms with Gasteiger partial charge in [0.05, 0.1) is 13.6 Å². The van der Waals surface area contributed by atoms with Gasteiger partial charge < -0.3 is 0 Å². The van der Waals surface area contributed by atoms with Gasteiger partial charge in [0, 0.05) is 0 Å². The van der Waals surface area contributed by atoms with Gasteiger partial charge in [-0.15, -0.1) is 0 Å². The molecule has 1 rings (SSSR count). The molecule has 0 radical (unpaired) electrons. The topological polar surface area (TPSA) is 77.1 Å². The van der Waals surface area contributed by atoms with Crippen LogP contribution in [0.3, 0.4) is 0 Å². The minimum atomic E-state index is -6.35. The van der Waals surface area contributed by atoms with E-state index in [1.54, 1.807) is 0 Å². The van der Waals surface area contributed by atoms with Gasteiger partial charge in [-0.25, -0.2) is 26.0 Å². The van der Waals surface area contributed by atoms with E-state index in [1.807, 2.05) is 0 Å². The number of hydrogen-bond acceptors (Lipinski definition) is 4. The second-order valence-corrected chi connectivity index (χ2v) is 10.7. The molecule has 0 N–H and O–H groups in total. The predicted molar refractivity (Wildman–Crippen MR) is 93.8 cm³/mol. The fraction of sp³-hybridized carbons (Fsp3) is 0.800. The van der Waals surface area contributed by atoms with E-state index in [2.05, 4.69) is 41.8 Å². The molecule has 0 amide bonds. The van der Waals surface area contributed by atoms with Gasteiger partial charge in [-0.05, 0) is 12.8 Å². The van der Waals surface area contributed by atoms with Crippen molar-refractivity contribution in [3.05, 3.63) is 18.7 Å². The lowest BCUT2D eigenvalue weighted by Crippen LogP contribution is -2.36. The van der Waals surface area contributed by atoms with Gasteiger partial charge >= 0.3 is 11.0 Å². The second-order valence-electron chi connectivity index (χ2n) is 6.32. The molecule has 0 unspecified atom stereocenters. The summed E-state index contributed by atoms with van der Waals surface area (Å²) >= 11 is 0. The maximum atomic E-state index is 11.5. The summed E-state index contributed by atoms with van der Waals surface area (Å²) in [6.45, 7) is 3.44. The van der Waals surface area contributed by atoms with E-state index in [1.165, 1.54) is 45.1 Å². The van der Waals surface area contributed by atoms with Crippen molar-refractivity contribution in [2.75, 3.05) is 5.08 Å². The Labute approximate surface area is 166 Å². The molecular weight excluding hydrogens is 450 g/mol. The van der Waals surface area contributed by atoms with Gasteiger partial charge in [0.15, 0.2) is 5.08 Å². The Morgan fingerprint density at radius 1 is 0.828 bits per heavy atom. The molecular formula is C15H25F6N2O4S2+. The third-order valence-corrected chi connectivity index (χ3v) is 7.50. The predicted octanol–water partition coefficient (Wildman–Crippen LogP) is 3.49. The third kappa shape index (κ3) is 10.3. The molecule has 1 aromatic heterocycles. The Kier molecular flexibility index (Phi) is 10.7. The van der Waals surface area contributed by atoms with Gasteiger partial charge in [0.2, 0.25) is 6.33 Å². The summed E-state index contributed by atoms with van der Waals surface area (Å²) in [5.74, 6) is 0. The number of unbranched alkanes of at least 4 members (excludes halogenated alkanes) is 5. The lowest BCUT2D eigenvalue weighted by Gasteiger charge is -2.10. The maximum absolute atomic E-state index is 11.5. The van der Waals surface area contributed by atoms with Crippen molar-refractivity contribution in [1.82, 2.24) is 4.57 Å². The zero-order valence-corrected chi connectivity index (χ0v) is 17.6. The number of aryl methyl sites for hydroxylation is 2. The number of sulfone groups is 2. The summed E-state index contributed by atoms with van der Waals surface area (Å²) in [6.07, 6.45) is 14.6.